The molecule has 2 aromatic carbocycles. The minimum Gasteiger partial charge on any atom is -0.273 e. The molecule has 3 heteroatoms. The molecule has 0 bridgehead atoms. The van der Waals surface area contributed by atoms with Crippen LogP contribution in [0.4, 0.5) is 0 Å². The van der Waals surface area contributed by atoms with E-state index in [1.54, 1.807) is 0 Å². The third-order valence-corrected chi connectivity index (χ3v) is 6.43. The molecule has 0 heterocycles. The van der Waals surface area contributed by atoms with Gasteiger partial charge in [-0.2, -0.15) is 5.10 Å². The average molecular weight is 389 g/mol. The highest BCUT2D eigenvalue weighted by molar-refractivity contribution is 5.99. The van der Waals surface area contributed by atoms with Crippen LogP contribution in [0, 0.1) is 5.92 Å². The average Bonchev–Trinajstić information content (AvgIpc) is 3.52. The lowest BCUT2D eigenvalue weighted by Crippen LogP contribution is -2.21. The predicted molar refractivity (Wildman–Crippen MR) is 119 cm³/mol. The summed E-state index contributed by atoms with van der Waals surface area (Å²) in [5.41, 5.74) is 10.4. The van der Waals surface area contributed by atoms with Crippen LogP contribution in [0.15, 0.2) is 47.6 Å². The second kappa shape index (κ2) is 7.78. The molecule has 0 spiro atoms. The third kappa shape index (κ3) is 4.44. The van der Waals surface area contributed by atoms with Crippen LogP contribution in [-0.4, -0.2) is 11.6 Å². The Morgan fingerprint density at radius 3 is 2.38 bits per heavy atom. The zero-order valence-electron chi connectivity index (χ0n) is 18.1. The number of aryl methyl sites for hydroxylation is 2. The van der Waals surface area contributed by atoms with Gasteiger partial charge in [0.25, 0.3) is 0 Å². The van der Waals surface area contributed by atoms with E-state index in [1.165, 1.54) is 41.5 Å². The summed E-state index contributed by atoms with van der Waals surface area (Å²) in [7, 11) is 0. The number of carbonyl (C=O) groups excluding carboxylic acids is 1. The van der Waals surface area contributed by atoms with Crippen molar-refractivity contribution in [2.75, 3.05) is 0 Å². The van der Waals surface area contributed by atoms with Gasteiger partial charge in [-0.1, -0.05) is 57.2 Å². The van der Waals surface area contributed by atoms with E-state index in [4.69, 9.17) is 0 Å². The first-order valence-corrected chi connectivity index (χ1v) is 10.9. The molecule has 0 radical (unpaired) electrons. The van der Waals surface area contributed by atoms with Gasteiger partial charge < -0.3 is 0 Å². The van der Waals surface area contributed by atoms with Crippen LogP contribution < -0.4 is 5.43 Å². The monoisotopic (exact) mass is 388 g/mol. The highest BCUT2D eigenvalue weighted by Gasteiger charge is 2.44. The van der Waals surface area contributed by atoms with E-state index in [0.29, 0.717) is 5.92 Å². The Morgan fingerprint density at radius 2 is 1.69 bits per heavy atom. The van der Waals surface area contributed by atoms with E-state index in [-0.39, 0.29) is 17.2 Å². The minimum atomic E-state index is 0.0345. The van der Waals surface area contributed by atoms with Crippen LogP contribution >= 0.6 is 0 Å². The Balaban J connectivity index is 1.36. The zero-order chi connectivity index (χ0) is 20.6. The summed E-state index contributed by atoms with van der Waals surface area (Å²) in [6, 6.07) is 15.4. The van der Waals surface area contributed by atoms with Crippen LogP contribution in [0.3, 0.4) is 0 Å². The number of carbonyl (C=O) groups is 1. The molecule has 0 unspecified atom stereocenters. The Bertz CT molecular complexity index is 934. The van der Waals surface area contributed by atoms with Gasteiger partial charge in [-0.05, 0) is 84.2 Å². The molecular weight excluding hydrogens is 356 g/mol. The quantitative estimate of drug-likeness (QED) is 0.545. The molecule has 4 rings (SSSR count). The van der Waals surface area contributed by atoms with E-state index in [1.807, 2.05) is 6.92 Å². The van der Waals surface area contributed by atoms with Crippen molar-refractivity contribution in [1.29, 1.82) is 0 Å². The van der Waals surface area contributed by atoms with Crippen LogP contribution in [0.25, 0.3) is 0 Å². The van der Waals surface area contributed by atoms with Crippen molar-refractivity contribution in [3.8, 4) is 0 Å². The predicted octanol–water partition coefficient (Wildman–Crippen LogP) is 5.51. The summed E-state index contributed by atoms with van der Waals surface area (Å²) in [5, 5.41) is 4.40. The smallest absolute Gasteiger partial charge is 0.243 e. The number of rotatable bonds is 4. The first kappa shape index (κ1) is 19.9. The highest BCUT2D eigenvalue weighted by Crippen LogP contribution is 2.47. The molecule has 0 aromatic heterocycles. The molecule has 2 aromatic rings. The van der Waals surface area contributed by atoms with Crippen molar-refractivity contribution in [1.82, 2.24) is 5.43 Å². The highest BCUT2D eigenvalue weighted by atomic mass is 16.2. The Kier molecular flexibility index (Phi) is 5.33. The first-order chi connectivity index (χ1) is 13.8. The number of fused-ring (bicyclic) bond motifs is 1. The number of nitrogens with one attached hydrogen (secondary N) is 1. The molecular formula is C26H32N2O. The number of benzene rings is 2. The molecule has 2 aliphatic rings. The van der Waals surface area contributed by atoms with Crippen molar-refractivity contribution in [2.45, 2.75) is 71.1 Å². The van der Waals surface area contributed by atoms with Crippen LogP contribution in [0.5, 0.6) is 0 Å². The van der Waals surface area contributed by atoms with E-state index in [0.717, 1.165) is 24.1 Å². The largest absolute Gasteiger partial charge is 0.273 e. The molecule has 2 aliphatic carbocycles. The van der Waals surface area contributed by atoms with Crippen molar-refractivity contribution < 1.29 is 4.79 Å². The van der Waals surface area contributed by atoms with Crippen LogP contribution in [-0.2, 0) is 23.1 Å². The second-order valence-corrected chi connectivity index (χ2v) is 9.68. The van der Waals surface area contributed by atoms with Gasteiger partial charge in [0.1, 0.15) is 0 Å². The molecule has 152 valence electrons. The maximum atomic E-state index is 12.6. The molecule has 1 fully saturated rings. The molecule has 0 aliphatic heterocycles. The number of hydrazone groups is 1. The van der Waals surface area contributed by atoms with E-state index in [2.05, 4.69) is 73.8 Å². The van der Waals surface area contributed by atoms with Gasteiger partial charge in [-0.15, -0.1) is 0 Å². The molecule has 1 N–H and O–H groups in total. The molecule has 29 heavy (non-hydrogen) atoms. The van der Waals surface area contributed by atoms with E-state index < -0.39 is 0 Å². The number of amides is 1. The van der Waals surface area contributed by atoms with Gasteiger partial charge in [0.15, 0.2) is 0 Å². The summed E-state index contributed by atoms with van der Waals surface area (Å²) < 4.78 is 0. The summed E-state index contributed by atoms with van der Waals surface area (Å²) >= 11 is 0. The van der Waals surface area contributed by atoms with Gasteiger partial charge in [0.2, 0.25) is 5.91 Å². The maximum Gasteiger partial charge on any atom is 0.243 e. The molecule has 3 nitrogen and oxygen atoms in total. The fraction of sp³-hybridized carbons (Fsp3) is 0.462. The first-order valence-electron chi connectivity index (χ1n) is 10.9. The zero-order valence-corrected chi connectivity index (χ0v) is 18.1. The summed E-state index contributed by atoms with van der Waals surface area (Å²) in [6.07, 6.45) is 5.80. The van der Waals surface area contributed by atoms with E-state index in [9.17, 15) is 4.79 Å². The fourth-order valence-electron chi connectivity index (χ4n) is 4.33. The second-order valence-electron chi connectivity index (χ2n) is 9.68. The van der Waals surface area contributed by atoms with Crippen molar-refractivity contribution >= 4 is 11.6 Å². The van der Waals surface area contributed by atoms with Gasteiger partial charge in [0.05, 0.1) is 5.71 Å². The van der Waals surface area contributed by atoms with Crippen molar-refractivity contribution in [3.63, 3.8) is 0 Å². The normalized spacial score (nSPS) is 21.4. The fourth-order valence-corrected chi connectivity index (χ4v) is 4.33. The topological polar surface area (TPSA) is 41.5 Å². The minimum absolute atomic E-state index is 0.0345. The lowest BCUT2D eigenvalue weighted by Gasteiger charge is -2.19. The number of nitrogens with zero attached hydrogens (tertiary/aromatic N) is 1. The SMILES string of the molecule is CC(=NNC(=O)[C@@H]1C[C@H]1c1ccc(C(C)(C)C)cc1)c1ccc2c(c1)CCCC2. The summed E-state index contributed by atoms with van der Waals surface area (Å²) in [5.74, 6) is 0.394. The van der Waals surface area contributed by atoms with Gasteiger partial charge >= 0.3 is 0 Å². The third-order valence-electron chi connectivity index (χ3n) is 6.43. The molecule has 2 atom stereocenters. The van der Waals surface area contributed by atoms with Crippen molar-refractivity contribution in [3.05, 3.63) is 70.3 Å². The molecule has 1 amide bonds. The Morgan fingerprint density at radius 1 is 1.00 bits per heavy atom. The molecule has 1 saturated carbocycles. The van der Waals surface area contributed by atoms with Gasteiger partial charge in [-0.3, -0.25) is 4.79 Å². The Labute approximate surface area is 174 Å². The Hall–Kier alpha value is -2.42. The van der Waals surface area contributed by atoms with E-state index >= 15 is 0 Å². The number of hydrogen-bond acceptors (Lipinski definition) is 2. The van der Waals surface area contributed by atoms with Crippen LogP contribution in [0.2, 0.25) is 0 Å². The van der Waals surface area contributed by atoms with Gasteiger partial charge in [-0.25, -0.2) is 5.43 Å². The van der Waals surface area contributed by atoms with Crippen molar-refractivity contribution in [2.24, 2.45) is 11.0 Å². The lowest BCUT2D eigenvalue weighted by molar-refractivity contribution is -0.122. The number of hydrogen-bond donors (Lipinski definition) is 1. The summed E-state index contributed by atoms with van der Waals surface area (Å²) in [6.45, 7) is 8.63. The summed E-state index contributed by atoms with van der Waals surface area (Å²) in [4.78, 5) is 12.6. The van der Waals surface area contributed by atoms with Gasteiger partial charge in [0, 0.05) is 5.92 Å². The van der Waals surface area contributed by atoms with Crippen LogP contribution in [0.1, 0.15) is 80.7 Å². The lowest BCUT2D eigenvalue weighted by atomic mass is 9.86. The standard InChI is InChI=1S/C26H32N2O/c1-17(20-10-9-18-7-5-6-8-21(18)15-20)27-28-25(29)24-16-23(24)19-11-13-22(14-12-19)26(2,3)4/h9-15,23-24H,5-8,16H2,1-4H3,(H,28,29)/t23-,24+/m0/s1. The maximum absolute atomic E-state index is 12.6. The molecule has 0 saturated heterocycles.